The number of fused-ring (bicyclic) bond motifs is 1. The molecule has 1 unspecified atom stereocenters. The third-order valence-corrected chi connectivity index (χ3v) is 11.6. The minimum Gasteiger partial charge on any atom is -0.448 e. The number of carbonyl (C=O) groups is 3. The summed E-state index contributed by atoms with van der Waals surface area (Å²) in [6.07, 6.45) is -0.108. The fourth-order valence-corrected chi connectivity index (χ4v) is 8.62. The van der Waals surface area contributed by atoms with E-state index in [4.69, 9.17) is 38.5 Å². The summed E-state index contributed by atoms with van der Waals surface area (Å²) >= 11 is 14.3. The molecular formula is C45H35Cl2N5O5S. The largest absolute Gasteiger partial charge is 0.448 e. The number of nitrogens with zero attached hydrogens (tertiary/aromatic N) is 3. The highest BCUT2D eigenvalue weighted by Gasteiger charge is 2.54. The predicted molar refractivity (Wildman–Crippen MR) is 224 cm³/mol. The number of nitrogen functional groups attached to an aromatic ring is 1. The van der Waals surface area contributed by atoms with E-state index < -0.39 is 41.6 Å². The van der Waals surface area contributed by atoms with Crippen LogP contribution in [0.2, 0.25) is 4.34 Å². The Balaban J connectivity index is 1.11. The molecule has 13 heteroatoms. The number of aromatic nitrogens is 1. The molecular weight excluding hydrogens is 793 g/mol. The van der Waals surface area contributed by atoms with Crippen molar-refractivity contribution in [3.8, 4) is 0 Å². The fourth-order valence-electron chi connectivity index (χ4n) is 7.41. The van der Waals surface area contributed by atoms with Gasteiger partial charge in [-0.1, -0.05) is 191 Å². The monoisotopic (exact) mass is 827 g/mol. The summed E-state index contributed by atoms with van der Waals surface area (Å²) in [6, 6.07) is 45.5. The van der Waals surface area contributed by atoms with Crippen molar-refractivity contribution in [3.05, 3.63) is 200 Å². The first-order valence-electron chi connectivity index (χ1n) is 18.4. The number of ether oxygens (including phenoxy) is 1. The minimum absolute atomic E-state index is 0.0166. The van der Waals surface area contributed by atoms with Gasteiger partial charge in [0.2, 0.25) is 5.60 Å². The Bertz CT molecular complexity index is 2370. The molecule has 1 fully saturated rings. The Labute approximate surface area is 348 Å². The zero-order valence-corrected chi connectivity index (χ0v) is 33.0. The standard InChI is InChI=1S/C45H35Cl2N5O5S/c46-33-26-27-34-35(42(54)52(34)38(33)43(55)56-39(28-16-6-1-7-17-28)29-18-8-2-9-19-29)49-41(53)37(36-40(47)58-44(48)50-36)51-57-45(30-20-10-3-11-21-30,31-22-12-4-13-23-31)32-24-14-5-15-25-32/h1-25,34-35,39H,26-27H2,(H2,48,50)(H,49,53)/b51-37-/t34?,35-/m0/s1. The Morgan fingerprint density at radius 3 is 1.74 bits per heavy atom. The van der Waals surface area contributed by atoms with Gasteiger partial charge in [0.1, 0.15) is 21.8 Å². The molecule has 290 valence electrons. The lowest BCUT2D eigenvalue weighted by atomic mass is 9.80. The number of oxime groups is 1. The van der Waals surface area contributed by atoms with Crippen molar-refractivity contribution >= 4 is 63.2 Å². The van der Waals surface area contributed by atoms with E-state index in [0.29, 0.717) is 6.42 Å². The van der Waals surface area contributed by atoms with Gasteiger partial charge in [-0.25, -0.2) is 9.78 Å². The van der Waals surface area contributed by atoms with Crippen LogP contribution in [0.1, 0.15) is 52.5 Å². The summed E-state index contributed by atoms with van der Waals surface area (Å²) in [7, 11) is 0. The van der Waals surface area contributed by atoms with Gasteiger partial charge in [0.05, 0.1) is 6.04 Å². The van der Waals surface area contributed by atoms with Gasteiger partial charge in [-0.15, -0.1) is 0 Å². The van der Waals surface area contributed by atoms with Crippen molar-refractivity contribution in [2.75, 3.05) is 5.73 Å². The molecule has 2 atom stereocenters. The van der Waals surface area contributed by atoms with Crippen LogP contribution >= 0.6 is 34.5 Å². The highest BCUT2D eigenvalue weighted by molar-refractivity contribution is 7.19. The molecule has 0 spiro atoms. The van der Waals surface area contributed by atoms with Gasteiger partial charge in [0, 0.05) is 21.7 Å². The van der Waals surface area contributed by atoms with Gasteiger partial charge in [-0.2, -0.15) is 0 Å². The molecule has 6 aromatic rings. The van der Waals surface area contributed by atoms with Gasteiger partial charge in [0.25, 0.3) is 11.8 Å². The summed E-state index contributed by atoms with van der Waals surface area (Å²) in [6.45, 7) is 0. The zero-order valence-electron chi connectivity index (χ0n) is 30.7. The number of carbonyl (C=O) groups excluding carboxylic acids is 3. The van der Waals surface area contributed by atoms with Crippen LogP contribution in [0.5, 0.6) is 0 Å². The first-order valence-corrected chi connectivity index (χ1v) is 20.0. The smallest absolute Gasteiger partial charge is 0.357 e. The van der Waals surface area contributed by atoms with Crippen molar-refractivity contribution in [2.45, 2.75) is 36.6 Å². The third-order valence-electron chi connectivity index (χ3n) is 10.1. The minimum atomic E-state index is -1.34. The van der Waals surface area contributed by atoms with E-state index >= 15 is 0 Å². The van der Waals surface area contributed by atoms with E-state index in [2.05, 4.69) is 15.5 Å². The second kappa shape index (κ2) is 16.7. The van der Waals surface area contributed by atoms with E-state index in [1.54, 1.807) is 0 Å². The first-order chi connectivity index (χ1) is 28.3. The number of esters is 1. The molecule has 2 aliphatic heterocycles. The Morgan fingerprint density at radius 2 is 1.28 bits per heavy atom. The van der Waals surface area contributed by atoms with Crippen LogP contribution in [0.25, 0.3) is 0 Å². The Kier molecular flexibility index (Phi) is 11.1. The van der Waals surface area contributed by atoms with Crippen molar-refractivity contribution in [2.24, 2.45) is 5.16 Å². The molecule has 0 saturated carbocycles. The third kappa shape index (κ3) is 7.35. The molecule has 5 aromatic carbocycles. The second-order valence-electron chi connectivity index (χ2n) is 13.6. The number of benzene rings is 5. The lowest BCUT2D eigenvalue weighted by Gasteiger charge is -2.49. The molecule has 3 N–H and O–H groups in total. The summed E-state index contributed by atoms with van der Waals surface area (Å²) in [4.78, 5) is 54.7. The normalized spacial score (nSPS) is 16.7. The maximum Gasteiger partial charge on any atom is 0.357 e. The molecule has 8 rings (SSSR count). The number of nitrogens with one attached hydrogen (secondary N) is 1. The van der Waals surface area contributed by atoms with E-state index in [1.807, 2.05) is 152 Å². The Hall–Kier alpha value is -6.27. The van der Waals surface area contributed by atoms with Crippen molar-refractivity contribution in [1.29, 1.82) is 0 Å². The molecule has 0 radical (unpaired) electrons. The molecule has 58 heavy (non-hydrogen) atoms. The lowest BCUT2D eigenvalue weighted by molar-refractivity contribution is -0.158. The summed E-state index contributed by atoms with van der Waals surface area (Å²) in [5, 5.41) is 7.66. The number of rotatable bonds is 12. The van der Waals surface area contributed by atoms with Crippen molar-refractivity contribution < 1.29 is 24.0 Å². The van der Waals surface area contributed by atoms with Crippen molar-refractivity contribution in [3.63, 3.8) is 0 Å². The number of amides is 2. The van der Waals surface area contributed by atoms with Crippen LogP contribution in [-0.2, 0) is 29.6 Å². The lowest BCUT2D eigenvalue weighted by Crippen LogP contribution is -2.72. The topological polar surface area (TPSA) is 136 Å². The van der Waals surface area contributed by atoms with Gasteiger partial charge in [-0.3, -0.25) is 14.5 Å². The van der Waals surface area contributed by atoms with Gasteiger partial charge in [-0.05, 0) is 24.0 Å². The first kappa shape index (κ1) is 38.6. The maximum atomic E-state index is 14.4. The highest BCUT2D eigenvalue weighted by atomic mass is 35.5. The molecule has 1 aromatic heterocycles. The molecule has 2 aliphatic rings. The molecule has 2 amide bonds. The van der Waals surface area contributed by atoms with Gasteiger partial charge < -0.3 is 20.6 Å². The number of thiazole rings is 1. The number of hydrogen-bond acceptors (Lipinski definition) is 9. The number of allylic oxidation sites excluding steroid dienone is 1. The van der Waals surface area contributed by atoms with E-state index in [-0.39, 0.29) is 38.0 Å². The van der Waals surface area contributed by atoms with Crippen molar-refractivity contribution in [1.82, 2.24) is 15.2 Å². The van der Waals surface area contributed by atoms with Gasteiger partial charge >= 0.3 is 5.97 Å². The number of hydrogen-bond donors (Lipinski definition) is 2. The maximum absolute atomic E-state index is 14.4. The average Bonchev–Trinajstić information content (AvgIpc) is 3.61. The average molecular weight is 829 g/mol. The van der Waals surface area contributed by atoms with Crippen LogP contribution in [0, 0.1) is 0 Å². The van der Waals surface area contributed by atoms with E-state index in [0.717, 1.165) is 39.2 Å². The Morgan fingerprint density at radius 1 is 0.793 bits per heavy atom. The number of anilines is 1. The summed E-state index contributed by atoms with van der Waals surface area (Å²) in [5.41, 5.74) is 8.04. The van der Waals surface area contributed by atoms with Crippen LogP contribution < -0.4 is 11.1 Å². The summed E-state index contributed by atoms with van der Waals surface area (Å²) < 4.78 is 6.20. The van der Waals surface area contributed by atoms with Crippen LogP contribution in [0.15, 0.2) is 168 Å². The van der Waals surface area contributed by atoms with E-state index in [9.17, 15) is 14.4 Å². The number of halogens is 2. The van der Waals surface area contributed by atoms with E-state index in [1.165, 1.54) is 4.90 Å². The SMILES string of the molecule is Nc1nc(/C(=N/OC(c2ccccc2)(c2ccccc2)c2ccccc2)C(=O)N[C@@H]2C(=O)N3C(C(=O)OC(c4ccccc4)c4ccccc4)=C(Cl)CCC23)c(Cl)s1. The van der Waals surface area contributed by atoms with Gasteiger partial charge in [0.15, 0.2) is 16.9 Å². The fraction of sp³-hybridized carbons (Fsp3) is 0.133. The number of nitrogens with two attached hydrogens (primary N) is 1. The molecule has 3 heterocycles. The molecule has 10 nitrogen and oxygen atoms in total. The van der Waals surface area contributed by atoms with Crippen LogP contribution in [0.4, 0.5) is 5.13 Å². The highest BCUT2D eigenvalue weighted by Crippen LogP contribution is 2.42. The predicted octanol–water partition coefficient (Wildman–Crippen LogP) is 8.36. The molecule has 0 aliphatic carbocycles. The van der Waals surface area contributed by atoms with Crippen LogP contribution in [0.3, 0.4) is 0 Å². The molecule has 0 bridgehead atoms. The quantitative estimate of drug-likeness (QED) is 0.0416. The molecule has 1 saturated heterocycles. The number of β-lactam (4-membered cyclic amide) rings is 1. The van der Waals surface area contributed by atoms with Crippen LogP contribution in [-0.4, -0.2) is 45.5 Å². The zero-order chi connectivity index (χ0) is 40.2. The second-order valence-corrected chi connectivity index (χ2v) is 15.7. The summed E-state index contributed by atoms with van der Waals surface area (Å²) in [5.74, 6) is -2.09.